The summed E-state index contributed by atoms with van der Waals surface area (Å²) < 4.78 is 0. The largest absolute Gasteiger partial charge is 0.356 e. The molecule has 6 nitrogen and oxygen atoms in total. The zero-order chi connectivity index (χ0) is 18.2. The van der Waals surface area contributed by atoms with E-state index in [1.807, 2.05) is 36.7 Å². The topological polar surface area (TPSA) is 69.6 Å². The molecule has 2 rings (SSSR count). The van der Waals surface area contributed by atoms with Gasteiger partial charge in [-0.15, -0.1) is 11.3 Å². The monoisotopic (exact) mass is 359 g/mol. The molecule has 0 atom stereocenters. The molecule has 0 aliphatic carbocycles. The molecule has 0 radical (unpaired) electrons. The quantitative estimate of drug-likeness (QED) is 0.612. The number of hydrogen-bond donors (Lipinski definition) is 2. The first-order valence-electron chi connectivity index (χ1n) is 8.15. The first kappa shape index (κ1) is 18.9. The zero-order valence-corrected chi connectivity index (χ0v) is 16.0. The van der Waals surface area contributed by atoms with Gasteiger partial charge in [0.05, 0.1) is 17.7 Å². The number of carbonyl (C=O) groups is 1. The summed E-state index contributed by atoms with van der Waals surface area (Å²) in [5.41, 5.74) is 4.74. The number of aromatic nitrogens is 1. The molecule has 1 amide bonds. The maximum Gasteiger partial charge on any atom is 0.253 e. The third kappa shape index (κ3) is 5.56. The summed E-state index contributed by atoms with van der Waals surface area (Å²) in [6, 6.07) is 7.74. The van der Waals surface area contributed by atoms with Gasteiger partial charge in [-0.3, -0.25) is 9.79 Å². The van der Waals surface area contributed by atoms with E-state index < -0.39 is 0 Å². The van der Waals surface area contributed by atoms with Crippen LogP contribution in [-0.2, 0) is 13.0 Å². The first-order valence-corrected chi connectivity index (χ1v) is 9.03. The number of rotatable bonds is 6. The molecule has 7 heteroatoms. The molecule has 0 fully saturated rings. The van der Waals surface area contributed by atoms with E-state index in [-0.39, 0.29) is 5.91 Å². The zero-order valence-electron chi connectivity index (χ0n) is 15.2. The molecule has 0 saturated carbocycles. The van der Waals surface area contributed by atoms with Gasteiger partial charge in [0.1, 0.15) is 0 Å². The van der Waals surface area contributed by atoms with Gasteiger partial charge in [0, 0.05) is 38.1 Å². The number of thiazole rings is 1. The van der Waals surface area contributed by atoms with Crippen molar-refractivity contribution in [3.8, 4) is 0 Å². The van der Waals surface area contributed by atoms with Crippen LogP contribution in [0.3, 0.4) is 0 Å². The standard InChI is InChI=1S/C18H25N5OS/c1-13-16(25-12-22-13)11-21-18(19-2)20-9-8-14-6-5-7-15(10-14)17(24)23(3)4/h5-7,10,12H,8-9,11H2,1-4H3,(H2,19,20,21). The Morgan fingerprint density at radius 2 is 2.12 bits per heavy atom. The summed E-state index contributed by atoms with van der Waals surface area (Å²) in [7, 11) is 5.28. The van der Waals surface area contributed by atoms with Crippen molar-refractivity contribution in [1.82, 2.24) is 20.5 Å². The van der Waals surface area contributed by atoms with Crippen LogP contribution in [0.2, 0.25) is 0 Å². The number of amides is 1. The van der Waals surface area contributed by atoms with Crippen molar-refractivity contribution in [3.05, 3.63) is 51.5 Å². The summed E-state index contributed by atoms with van der Waals surface area (Å²) in [4.78, 5) is 23.3. The number of hydrogen-bond acceptors (Lipinski definition) is 4. The van der Waals surface area contributed by atoms with Crippen molar-refractivity contribution >= 4 is 23.2 Å². The molecule has 2 aromatic rings. The molecule has 1 aromatic carbocycles. The fourth-order valence-electron chi connectivity index (χ4n) is 2.32. The van der Waals surface area contributed by atoms with Gasteiger partial charge in [-0.05, 0) is 31.0 Å². The van der Waals surface area contributed by atoms with Crippen LogP contribution in [0.15, 0.2) is 34.8 Å². The lowest BCUT2D eigenvalue weighted by Gasteiger charge is -2.13. The van der Waals surface area contributed by atoms with Crippen molar-refractivity contribution in [2.75, 3.05) is 27.7 Å². The van der Waals surface area contributed by atoms with Crippen molar-refractivity contribution < 1.29 is 4.79 Å². The molecule has 0 unspecified atom stereocenters. The summed E-state index contributed by atoms with van der Waals surface area (Å²) in [6.45, 7) is 3.45. The van der Waals surface area contributed by atoms with Crippen molar-refractivity contribution in [2.24, 2.45) is 4.99 Å². The third-order valence-corrected chi connectivity index (χ3v) is 4.71. The number of aryl methyl sites for hydroxylation is 1. The fourth-order valence-corrected chi connectivity index (χ4v) is 3.04. The molecular formula is C18H25N5OS. The average Bonchev–Trinajstić information content (AvgIpc) is 3.02. The second kappa shape index (κ2) is 9.17. The van der Waals surface area contributed by atoms with Crippen LogP contribution in [-0.4, -0.2) is 49.4 Å². The molecule has 134 valence electrons. The van der Waals surface area contributed by atoms with Gasteiger partial charge in [-0.1, -0.05) is 12.1 Å². The van der Waals surface area contributed by atoms with Gasteiger partial charge in [-0.2, -0.15) is 0 Å². The van der Waals surface area contributed by atoms with E-state index in [0.717, 1.165) is 30.2 Å². The minimum atomic E-state index is 0.0206. The lowest BCUT2D eigenvalue weighted by Crippen LogP contribution is -2.37. The van der Waals surface area contributed by atoms with Crippen LogP contribution in [0, 0.1) is 6.92 Å². The van der Waals surface area contributed by atoms with Gasteiger partial charge in [0.25, 0.3) is 5.91 Å². The maximum absolute atomic E-state index is 12.0. The minimum Gasteiger partial charge on any atom is -0.356 e. The molecule has 1 aromatic heterocycles. The van der Waals surface area contributed by atoms with E-state index in [1.54, 1.807) is 37.4 Å². The van der Waals surface area contributed by atoms with Gasteiger partial charge in [-0.25, -0.2) is 4.98 Å². The number of nitrogens with one attached hydrogen (secondary N) is 2. The SMILES string of the molecule is CN=C(NCCc1cccc(C(=O)N(C)C)c1)NCc1scnc1C. The second-order valence-corrected chi connectivity index (χ2v) is 6.80. The van der Waals surface area contributed by atoms with Crippen LogP contribution in [0.1, 0.15) is 26.5 Å². The lowest BCUT2D eigenvalue weighted by atomic mass is 10.1. The van der Waals surface area contributed by atoms with Gasteiger partial charge in [0.2, 0.25) is 0 Å². The Morgan fingerprint density at radius 3 is 2.76 bits per heavy atom. The fraction of sp³-hybridized carbons (Fsp3) is 0.389. The molecule has 0 aliphatic rings. The molecule has 0 aliphatic heterocycles. The van der Waals surface area contributed by atoms with Crippen molar-refractivity contribution in [3.63, 3.8) is 0 Å². The Balaban J connectivity index is 1.83. The Hall–Kier alpha value is -2.41. The number of guanidine groups is 1. The van der Waals surface area contributed by atoms with Crippen LogP contribution < -0.4 is 10.6 Å². The molecule has 0 saturated heterocycles. The van der Waals surface area contributed by atoms with E-state index in [1.165, 1.54) is 4.88 Å². The molecular weight excluding hydrogens is 334 g/mol. The second-order valence-electron chi connectivity index (χ2n) is 5.86. The van der Waals surface area contributed by atoms with Gasteiger partial charge >= 0.3 is 0 Å². The summed E-state index contributed by atoms with van der Waals surface area (Å²) in [6.07, 6.45) is 0.814. The molecule has 0 spiro atoms. The smallest absolute Gasteiger partial charge is 0.253 e. The maximum atomic E-state index is 12.0. The van der Waals surface area contributed by atoms with Gasteiger partial charge < -0.3 is 15.5 Å². The van der Waals surface area contributed by atoms with Gasteiger partial charge in [0.15, 0.2) is 5.96 Å². The third-order valence-electron chi connectivity index (χ3n) is 3.77. The molecule has 2 N–H and O–H groups in total. The lowest BCUT2D eigenvalue weighted by molar-refractivity contribution is 0.0827. The normalized spacial score (nSPS) is 11.3. The predicted molar refractivity (Wildman–Crippen MR) is 103 cm³/mol. The number of aliphatic imine (C=N–C) groups is 1. The van der Waals surface area contributed by atoms with Crippen LogP contribution in [0.4, 0.5) is 0 Å². The summed E-state index contributed by atoms with van der Waals surface area (Å²) in [5, 5.41) is 6.59. The molecule has 25 heavy (non-hydrogen) atoms. The Morgan fingerprint density at radius 1 is 1.32 bits per heavy atom. The average molecular weight is 359 g/mol. The van der Waals surface area contributed by atoms with Crippen molar-refractivity contribution in [2.45, 2.75) is 19.9 Å². The number of carbonyl (C=O) groups excluding carboxylic acids is 1. The molecule has 0 bridgehead atoms. The van der Waals surface area contributed by atoms with E-state index in [9.17, 15) is 4.79 Å². The Kier molecular flexibility index (Phi) is 6.94. The van der Waals surface area contributed by atoms with E-state index in [2.05, 4.69) is 20.6 Å². The van der Waals surface area contributed by atoms with Crippen LogP contribution in [0.5, 0.6) is 0 Å². The summed E-state index contributed by atoms with van der Waals surface area (Å²) >= 11 is 1.64. The van der Waals surface area contributed by atoms with Crippen LogP contribution >= 0.6 is 11.3 Å². The van der Waals surface area contributed by atoms with Crippen molar-refractivity contribution in [1.29, 1.82) is 0 Å². The number of benzene rings is 1. The van der Waals surface area contributed by atoms with Crippen LogP contribution in [0.25, 0.3) is 0 Å². The predicted octanol–water partition coefficient (Wildman–Crippen LogP) is 2.06. The number of nitrogens with zero attached hydrogens (tertiary/aromatic N) is 3. The minimum absolute atomic E-state index is 0.0206. The van der Waals surface area contributed by atoms with E-state index >= 15 is 0 Å². The summed E-state index contributed by atoms with van der Waals surface area (Å²) in [5.74, 6) is 0.778. The highest BCUT2D eigenvalue weighted by atomic mass is 32.1. The highest BCUT2D eigenvalue weighted by molar-refractivity contribution is 7.09. The Bertz CT molecular complexity index is 739. The highest BCUT2D eigenvalue weighted by Gasteiger charge is 2.08. The van der Waals surface area contributed by atoms with E-state index in [0.29, 0.717) is 12.1 Å². The highest BCUT2D eigenvalue weighted by Crippen LogP contribution is 2.11. The Labute approximate surface area is 153 Å². The molecule has 1 heterocycles. The first-order chi connectivity index (χ1) is 12.0. The van der Waals surface area contributed by atoms with E-state index in [4.69, 9.17) is 0 Å².